The van der Waals surface area contributed by atoms with Crippen LogP contribution in [0.3, 0.4) is 0 Å². The number of nitrogens with one attached hydrogen (secondary N) is 1. The van der Waals surface area contributed by atoms with Gasteiger partial charge < -0.3 is 14.7 Å². The zero-order valence-corrected chi connectivity index (χ0v) is 12.3. The van der Waals surface area contributed by atoms with Gasteiger partial charge >= 0.3 is 0 Å². The Labute approximate surface area is 119 Å². The average molecular weight is 273 g/mol. The molecule has 0 fully saturated rings. The number of rotatable bonds is 4. The summed E-state index contributed by atoms with van der Waals surface area (Å²) in [5.41, 5.74) is 2.62. The number of aliphatic hydroxyl groups excluding tert-OH is 1. The van der Waals surface area contributed by atoms with Crippen molar-refractivity contribution < 1.29 is 5.11 Å². The number of aromatic nitrogens is 3. The highest BCUT2D eigenvalue weighted by molar-refractivity contribution is 5.29. The summed E-state index contributed by atoms with van der Waals surface area (Å²) < 4.78 is 2.31. The fourth-order valence-electron chi connectivity index (χ4n) is 3.25. The quantitative estimate of drug-likeness (QED) is 0.900. The predicted octanol–water partition coefficient (Wildman–Crippen LogP) is 2.85. The third-order valence-corrected chi connectivity index (χ3v) is 4.23. The molecule has 4 nitrogen and oxygen atoms in total. The van der Waals surface area contributed by atoms with E-state index in [0.29, 0.717) is 0 Å². The lowest BCUT2D eigenvalue weighted by atomic mass is 9.75. The Kier molecular flexibility index (Phi) is 3.42. The van der Waals surface area contributed by atoms with Crippen molar-refractivity contribution in [3.63, 3.8) is 0 Å². The summed E-state index contributed by atoms with van der Waals surface area (Å²) in [6.45, 7) is 5.46. The van der Waals surface area contributed by atoms with E-state index in [1.165, 1.54) is 5.69 Å². The lowest BCUT2D eigenvalue weighted by Gasteiger charge is -2.34. The van der Waals surface area contributed by atoms with Crippen LogP contribution in [0.25, 0.3) is 0 Å². The second-order valence-corrected chi connectivity index (χ2v) is 6.61. The van der Waals surface area contributed by atoms with Crippen LogP contribution < -0.4 is 0 Å². The number of imidazole rings is 1. The van der Waals surface area contributed by atoms with Crippen LogP contribution in [0.2, 0.25) is 0 Å². The number of nitrogens with zero attached hydrogens (tertiary/aromatic N) is 2. The Morgan fingerprint density at radius 3 is 3.10 bits per heavy atom. The van der Waals surface area contributed by atoms with Crippen molar-refractivity contribution in [2.75, 3.05) is 0 Å². The minimum absolute atomic E-state index is 0.184. The maximum Gasteiger partial charge on any atom is 0.106 e. The monoisotopic (exact) mass is 273 g/mol. The Bertz CT molecular complexity index is 569. The first-order chi connectivity index (χ1) is 9.55. The van der Waals surface area contributed by atoms with E-state index in [1.807, 2.05) is 6.20 Å². The zero-order chi connectivity index (χ0) is 14.2. The first-order valence-corrected chi connectivity index (χ1v) is 7.39. The van der Waals surface area contributed by atoms with Crippen LogP contribution in [-0.2, 0) is 19.4 Å². The molecule has 3 rings (SSSR count). The minimum Gasteiger partial charge on any atom is -0.388 e. The lowest BCUT2D eigenvalue weighted by molar-refractivity contribution is 0.0979. The van der Waals surface area contributed by atoms with Crippen molar-refractivity contribution in [1.82, 2.24) is 14.5 Å². The SMILES string of the molecule is CC1(C)Cc2c(ccn2CCCc2ncc[nH]2)C(O)C1. The first-order valence-electron chi connectivity index (χ1n) is 7.39. The molecule has 0 aromatic carbocycles. The molecule has 0 spiro atoms. The maximum absolute atomic E-state index is 10.3. The van der Waals surface area contributed by atoms with Gasteiger partial charge in [-0.15, -0.1) is 0 Å². The second-order valence-electron chi connectivity index (χ2n) is 6.61. The summed E-state index contributed by atoms with van der Waals surface area (Å²) in [7, 11) is 0. The Morgan fingerprint density at radius 1 is 1.50 bits per heavy atom. The smallest absolute Gasteiger partial charge is 0.106 e. The van der Waals surface area contributed by atoms with E-state index in [0.717, 1.165) is 43.6 Å². The largest absolute Gasteiger partial charge is 0.388 e. The molecule has 1 atom stereocenters. The summed E-state index contributed by atoms with van der Waals surface area (Å²) in [5.74, 6) is 1.05. The molecule has 0 bridgehead atoms. The number of aromatic amines is 1. The fourth-order valence-corrected chi connectivity index (χ4v) is 3.25. The van der Waals surface area contributed by atoms with Crippen LogP contribution in [0, 0.1) is 5.41 Å². The van der Waals surface area contributed by atoms with E-state index in [-0.39, 0.29) is 11.5 Å². The van der Waals surface area contributed by atoms with Crippen LogP contribution in [0.1, 0.15) is 49.9 Å². The molecule has 2 heterocycles. The van der Waals surface area contributed by atoms with Gasteiger partial charge in [0, 0.05) is 42.8 Å². The van der Waals surface area contributed by atoms with E-state index in [4.69, 9.17) is 0 Å². The molecule has 1 aliphatic carbocycles. The topological polar surface area (TPSA) is 53.8 Å². The molecule has 20 heavy (non-hydrogen) atoms. The molecule has 108 valence electrons. The summed E-state index contributed by atoms with van der Waals surface area (Å²) in [6.07, 6.45) is 9.41. The van der Waals surface area contributed by atoms with E-state index >= 15 is 0 Å². The number of hydrogen-bond acceptors (Lipinski definition) is 2. The van der Waals surface area contributed by atoms with Crippen LogP contribution in [0.5, 0.6) is 0 Å². The summed E-state index contributed by atoms with van der Waals surface area (Å²) in [5, 5.41) is 10.3. The minimum atomic E-state index is -0.305. The second kappa shape index (κ2) is 5.09. The van der Waals surface area contributed by atoms with E-state index in [2.05, 4.69) is 40.6 Å². The standard InChI is InChI=1S/C16H23N3O/c1-16(2)10-13-12(14(20)11-16)5-9-19(13)8-3-4-15-17-6-7-18-15/h5-7,9,14,20H,3-4,8,10-11H2,1-2H3,(H,17,18). The van der Waals surface area contributed by atoms with Crippen molar-refractivity contribution in [3.8, 4) is 0 Å². The van der Waals surface area contributed by atoms with Gasteiger partial charge in [-0.05, 0) is 30.7 Å². The number of H-pyrrole nitrogens is 1. The third kappa shape index (κ3) is 2.66. The molecule has 4 heteroatoms. The summed E-state index contributed by atoms with van der Waals surface area (Å²) in [6, 6.07) is 2.09. The van der Waals surface area contributed by atoms with Crippen molar-refractivity contribution in [2.24, 2.45) is 5.41 Å². The molecule has 2 aromatic heterocycles. The van der Waals surface area contributed by atoms with Crippen LogP contribution in [-0.4, -0.2) is 19.6 Å². The van der Waals surface area contributed by atoms with Gasteiger partial charge in [0.25, 0.3) is 0 Å². The highest BCUT2D eigenvalue weighted by Gasteiger charge is 2.32. The third-order valence-electron chi connectivity index (χ3n) is 4.23. The van der Waals surface area contributed by atoms with E-state index in [1.54, 1.807) is 6.20 Å². The first kappa shape index (κ1) is 13.4. The molecule has 2 N–H and O–H groups in total. The van der Waals surface area contributed by atoms with Crippen molar-refractivity contribution in [3.05, 3.63) is 41.7 Å². The maximum atomic E-state index is 10.3. The summed E-state index contributed by atoms with van der Waals surface area (Å²) in [4.78, 5) is 7.39. The van der Waals surface area contributed by atoms with Crippen LogP contribution in [0.4, 0.5) is 0 Å². The Balaban J connectivity index is 1.69. The summed E-state index contributed by atoms with van der Waals surface area (Å²) >= 11 is 0. The molecule has 1 aliphatic rings. The molecular formula is C16H23N3O. The van der Waals surface area contributed by atoms with Gasteiger partial charge in [0.1, 0.15) is 5.82 Å². The van der Waals surface area contributed by atoms with Gasteiger partial charge in [-0.1, -0.05) is 13.8 Å². The fraction of sp³-hybridized carbons (Fsp3) is 0.562. The molecule has 0 saturated heterocycles. The lowest BCUT2D eigenvalue weighted by Crippen LogP contribution is -2.26. The van der Waals surface area contributed by atoms with Gasteiger partial charge in [0.2, 0.25) is 0 Å². The highest BCUT2D eigenvalue weighted by atomic mass is 16.3. The number of fused-ring (bicyclic) bond motifs is 1. The Hall–Kier alpha value is -1.55. The van der Waals surface area contributed by atoms with Gasteiger partial charge in [0.05, 0.1) is 6.10 Å². The van der Waals surface area contributed by atoms with E-state index in [9.17, 15) is 5.11 Å². The van der Waals surface area contributed by atoms with Gasteiger partial charge in [-0.25, -0.2) is 4.98 Å². The molecule has 0 saturated carbocycles. The zero-order valence-electron chi connectivity index (χ0n) is 12.3. The van der Waals surface area contributed by atoms with E-state index < -0.39 is 0 Å². The van der Waals surface area contributed by atoms with Gasteiger partial charge in [0.15, 0.2) is 0 Å². The predicted molar refractivity (Wildman–Crippen MR) is 78.4 cm³/mol. The van der Waals surface area contributed by atoms with Gasteiger partial charge in [-0.3, -0.25) is 0 Å². The van der Waals surface area contributed by atoms with Crippen molar-refractivity contribution in [2.45, 2.75) is 52.2 Å². The normalized spacial score (nSPS) is 20.9. The number of aryl methyl sites for hydroxylation is 2. The Morgan fingerprint density at radius 2 is 2.35 bits per heavy atom. The van der Waals surface area contributed by atoms with Crippen molar-refractivity contribution in [1.29, 1.82) is 0 Å². The molecule has 0 radical (unpaired) electrons. The molecule has 1 unspecified atom stereocenters. The average Bonchev–Trinajstić information content (AvgIpc) is 2.98. The van der Waals surface area contributed by atoms with Crippen molar-refractivity contribution >= 4 is 0 Å². The van der Waals surface area contributed by atoms with Crippen LogP contribution >= 0.6 is 0 Å². The molecular weight excluding hydrogens is 250 g/mol. The molecule has 2 aromatic rings. The number of aliphatic hydroxyl groups is 1. The van der Waals surface area contributed by atoms with Gasteiger partial charge in [-0.2, -0.15) is 0 Å². The molecule has 0 amide bonds. The highest BCUT2D eigenvalue weighted by Crippen LogP contribution is 2.41. The number of hydrogen-bond donors (Lipinski definition) is 2. The molecule has 0 aliphatic heterocycles. The van der Waals surface area contributed by atoms with Crippen LogP contribution in [0.15, 0.2) is 24.7 Å².